The lowest BCUT2D eigenvalue weighted by molar-refractivity contribution is 0.101. The molecule has 0 heterocycles. The SMILES string of the molecule is CCNCC(Cc1cccc(OC)c1)Oc1cc(C)c(C(C)=O)cc1C(C)C.Cl. The maximum absolute atomic E-state index is 12.0. The lowest BCUT2D eigenvalue weighted by Crippen LogP contribution is -2.33. The fourth-order valence-electron chi connectivity index (χ4n) is 3.33. The van der Waals surface area contributed by atoms with E-state index in [0.29, 0.717) is 0 Å². The Balaban J connectivity index is 0.00000420. The first-order valence-electron chi connectivity index (χ1n) is 10.0. The summed E-state index contributed by atoms with van der Waals surface area (Å²) in [5, 5.41) is 3.40. The number of rotatable bonds is 10. The van der Waals surface area contributed by atoms with Crippen LogP contribution in [0.1, 0.15) is 60.7 Å². The predicted octanol–water partition coefficient (Wildman–Crippen LogP) is 5.35. The number of carbonyl (C=O) groups is 1. The summed E-state index contributed by atoms with van der Waals surface area (Å²) in [6.45, 7) is 11.6. The average Bonchev–Trinajstić information content (AvgIpc) is 2.65. The number of ketones is 1. The third-order valence-electron chi connectivity index (χ3n) is 4.87. The van der Waals surface area contributed by atoms with Crippen LogP contribution in [0.15, 0.2) is 36.4 Å². The standard InChI is InChI=1S/C24H33NO3.ClH/c1-7-25-15-21(13-19-9-8-10-20(12-19)27-6)28-24-11-17(4)23(18(5)26)14-22(24)16(2)3;/h8-12,14,16,21,25H,7,13,15H2,1-6H3;1H. The van der Waals surface area contributed by atoms with Gasteiger partial charge in [0.05, 0.1) is 7.11 Å². The van der Waals surface area contributed by atoms with Crippen molar-refractivity contribution in [3.05, 3.63) is 58.7 Å². The van der Waals surface area contributed by atoms with Crippen molar-refractivity contribution in [3.63, 3.8) is 0 Å². The van der Waals surface area contributed by atoms with Gasteiger partial charge in [0, 0.05) is 18.5 Å². The van der Waals surface area contributed by atoms with Crippen molar-refractivity contribution in [1.29, 1.82) is 0 Å². The van der Waals surface area contributed by atoms with E-state index in [1.807, 2.05) is 31.2 Å². The normalized spacial score (nSPS) is 11.7. The molecule has 0 fully saturated rings. The summed E-state index contributed by atoms with van der Waals surface area (Å²) >= 11 is 0. The van der Waals surface area contributed by atoms with Crippen molar-refractivity contribution >= 4 is 18.2 Å². The number of likely N-dealkylation sites (N-methyl/N-ethyl adjacent to an activating group) is 1. The lowest BCUT2D eigenvalue weighted by atomic mass is 9.95. The van der Waals surface area contributed by atoms with Crippen molar-refractivity contribution in [1.82, 2.24) is 5.32 Å². The van der Waals surface area contributed by atoms with Crippen LogP contribution < -0.4 is 14.8 Å². The molecule has 2 aromatic rings. The Bertz CT molecular complexity index is 805. The smallest absolute Gasteiger partial charge is 0.160 e. The summed E-state index contributed by atoms with van der Waals surface area (Å²) in [6.07, 6.45) is 0.752. The molecule has 160 valence electrons. The molecule has 4 nitrogen and oxygen atoms in total. The topological polar surface area (TPSA) is 47.6 Å². The first-order valence-corrected chi connectivity index (χ1v) is 10.0. The van der Waals surface area contributed by atoms with E-state index in [4.69, 9.17) is 9.47 Å². The molecule has 5 heteroatoms. The van der Waals surface area contributed by atoms with Crippen LogP contribution in [0.25, 0.3) is 0 Å². The molecule has 0 aromatic heterocycles. The third-order valence-corrected chi connectivity index (χ3v) is 4.87. The number of halogens is 1. The average molecular weight is 420 g/mol. The molecule has 0 amide bonds. The first-order chi connectivity index (χ1) is 13.3. The Hall–Kier alpha value is -2.04. The minimum absolute atomic E-state index is 0. The second-order valence-corrected chi connectivity index (χ2v) is 7.52. The number of Topliss-reactive ketones (excluding diaryl/α,β-unsaturated/α-hetero) is 1. The van der Waals surface area contributed by atoms with Crippen molar-refractivity contribution < 1.29 is 14.3 Å². The number of aryl methyl sites for hydroxylation is 1. The molecule has 29 heavy (non-hydrogen) atoms. The van der Waals surface area contributed by atoms with Crippen molar-refractivity contribution in [2.24, 2.45) is 0 Å². The monoisotopic (exact) mass is 419 g/mol. The summed E-state index contributed by atoms with van der Waals surface area (Å²) in [5.74, 6) is 2.07. The number of carbonyl (C=O) groups excluding carboxylic acids is 1. The summed E-state index contributed by atoms with van der Waals surface area (Å²) in [7, 11) is 1.68. The maximum Gasteiger partial charge on any atom is 0.160 e. The summed E-state index contributed by atoms with van der Waals surface area (Å²) in [6, 6.07) is 12.1. The van der Waals surface area contributed by atoms with Gasteiger partial charge in [-0.1, -0.05) is 32.9 Å². The van der Waals surface area contributed by atoms with Gasteiger partial charge in [-0.3, -0.25) is 4.79 Å². The quantitative estimate of drug-likeness (QED) is 0.527. The number of methoxy groups -OCH3 is 1. The molecule has 0 aliphatic rings. The van der Waals surface area contributed by atoms with Gasteiger partial charge >= 0.3 is 0 Å². The van der Waals surface area contributed by atoms with E-state index in [1.165, 1.54) is 5.56 Å². The molecular weight excluding hydrogens is 386 g/mol. The third kappa shape index (κ3) is 7.06. The van der Waals surface area contributed by atoms with E-state index in [1.54, 1.807) is 14.0 Å². The molecule has 1 unspecified atom stereocenters. The molecule has 0 aliphatic heterocycles. The largest absolute Gasteiger partial charge is 0.497 e. The van der Waals surface area contributed by atoms with Crippen LogP contribution in [0.2, 0.25) is 0 Å². The Morgan fingerprint density at radius 3 is 2.48 bits per heavy atom. The molecule has 2 rings (SSSR count). The van der Waals surface area contributed by atoms with Crippen LogP contribution in [0.4, 0.5) is 0 Å². The van der Waals surface area contributed by atoms with Gasteiger partial charge in [-0.25, -0.2) is 0 Å². The second kappa shape index (κ2) is 11.8. The zero-order valence-corrected chi connectivity index (χ0v) is 19.2. The fourth-order valence-corrected chi connectivity index (χ4v) is 3.33. The van der Waals surface area contributed by atoms with Gasteiger partial charge in [0.1, 0.15) is 17.6 Å². The number of ether oxygens (including phenoxy) is 2. The van der Waals surface area contributed by atoms with Crippen LogP contribution in [0.3, 0.4) is 0 Å². The van der Waals surface area contributed by atoms with Gasteiger partial charge < -0.3 is 14.8 Å². The fraction of sp³-hybridized carbons (Fsp3) is 0.458. The Labute approximate surface area is 181 Å². The van der Waals surface area contributed by atoms with Crippen molar-refractivity contribution in [2.45, 2.75) is 53.1 Å². The summed E-state index contributed by atoms with van der Waals surface area (Å²) < 4.78 is 11.8. The van der Waals surface area contributed by atoms with E-state index in [2.05, 4.69) is 38.2 Å². The van der Waals surface area contributed by atoms with Crippen molar-refractivity contribution in [2.75, 3.05) is 20.2 Å². The van der Waals surface area contributed by atoms with Gasteiger partial charge in [0.2, 0.25) is 0 Å². The molecule has 0 spiro atoms. The highest BCUT2D eigenvalue weighted by atomic mass is 35.5. The maximum atomic E-state index is 12.0. The molecule has 0 saturated carbocycles. The molecule has 2 aromatic carbocycles. The Kier molecular flexibility index (Phi) is 10.2. The van der Waals surface area contributed by atoms with Crippen LogP contribution in [0.5, 0.6) is 11.5 Å². The Morgan fingerprint density at radius 2 is 1.90 bits per heavy atom. The van der Waals surface area contributed by atoms with Crippen molar-refractivity contribution in [3.8, 4) is 11.5 Å². The number of hydrogen-bond acceptors (Lipinski definition) is 4. The molecule has 0 bridgehead atoms. The van der Waals surface area contributed by atoms with Gasteiger partial charge in [-0.15, -0.1) is 12.4 Å². The highest BCUT2D eigenvalue weighted by molar-refractivity contribution is 5.96. The van der Waals surface area contributed by atoms with Crippen LogP contribution in [0, 0.1) is 6.92 Å². The number of nitrogens with one attached hydrogen (secondary N) is 1. The van der Waals surface area contributed by atoms with E-state index in [-0.39, 0.29) is 30.2 Å². The predicted molar refractivity (Wildman–Crippen MR) is 122 cm³/mol. The summed E-state index contributed by atoms with van der Waals surface area (Å²) in [4.78, 5) is 12.0. The molecule has 0 saturated heterocycles. The van der Waals surface area contributed by atoms with E-state index >= 15 is 0 Å². The Morgan fingerprint density at radius 1 is 1.17 bits per heavy atom. The molecular formula is C24H34ClNO3. The van der Waals surface area contributed by atoms with E-state index < -0.39 is 0 Å². The molecule has 1 N–H and O–H groups in total. The van der Waals surface area contributed by atoms with Gasteiger partial charge in [0.15, 0.2) is 5.78 Å². The van der Waals surface area contributed by atoms with E-state index in [9.17, 15) is 4.79 Å². The van der Waals surface area contributed by atoms with Gasteiger partial charge in [0.25, 0.3) is 0 Å². The summed E-state index contributed by atoms with van der Waals surface area (Å²) in [5.41, 5.74) is 3.97. The number of hydrogen-bond donors (Lipinski definition) is 1. The minimum atomic E-state index is -0.0212. The van der Waals surface area contributed by atoms with Crippen LogP contribution in [-0.4, -0.2) is 32.1 Å². The van der Waals surface area contributed by atoms with Crippen LogP contribution in [-0.2, 0) is 6.42 Å². The zero-order chi connectivity index (χ0) is 20.7. The molecule has 0 aliphatic carbocycles. The highest BCUT2D eigenvalue weighted by Crippen LogP contribution is 2.31. The van der Waals surface area contributed by atoms with E-state index in [0.717, 1.165) is 47.7 Å². The molecule has 1 atom stereocenters. The number of benzene rings is 2. The minimum Gasteiger partial charge on any atom is -0.497 e. The first kappa shape index (κ1) is 25.0. The molecule has 0 radical (unpaired) electrons. The lowest BCUT2D eigenvalue weighted by Gasteiger charge is -2.24. The van der Waals surface area contributed by atoms with Crippen LogP contribution >= 0.6 is 12.4 Å². The van der Waals surface area contributed by atoms with Gasteiger partial charge in [-0.05, 0) is 67.3 Å². The second-order valence-electron chi connectivity index (χ2n) is 7.52. The highest BCUT2D eigenvalue weighted by Gasteiger charge is 2.18. The zero-order valence-electron chi connectivity index (χ0n) is 18.4. The van der Waals surface area contributed by atoms with Gasteiger partial charge in [-0.2, -0.15) is 0 Å².